The van der Waals surface area contributed by atoms with Gasteiger partial charge in [0, 0.05) is 30.3 Å². The number of aliphatic hydroxyl groups is 2. The number of hydrogen-bond donors (Lipinski definition) is 4. The van der Waals surface area contributed by atoms with Crippen LogP contribution in [-0.4, -0.2) is 38.5 Å². The number of nitrogens with zero attached hydrogens (tertiary/aromatic N) is 1. The minimum absolute atomic E-state index is 0.109. The van der Waals surface area contributed by atoms with Gasteiger partial charge in [-0.3, -0.25) is 14.3 Å². The second kappa shape index (κ2) is 7.57. The molecule has 1 aromatic heterocycles. The van der Waals surface area contributed by atoms with Crippen LogP contribution in [0.2, 0.25) is 0 Å². The maximum Gasteiger partial charge on any atom is 0.328 e. The highest BCUT2D eigenvalue weighted by Gasteiger charge is 2.42. The molecule has 140 valence electrons. The quantitative estimate of drug-likeness (QED) is 0.621. The largest absolute Gasteiger partial charge is 0.390 e. The lowest BCUT2D eigenvalue weighted by molar-refractivity contribution is 0.00538. The van der Waals surface area contributed by atoms with Gasteiger partial charge in [0.2, 0.25) is 0 Å². The molecular formula is C19H25N3O4. The normalized spacial score (nSPS) is 26.8. The van der Waals surface area contributed by atoms with Gasteiger partial charge in [-0.25, -0.2) is 4.79 Å². The van der Waals surface area contributed by atoms with Crippen molar-refractivity contribution in [1.82, 2.24) is 14.9 Å². The van der Waals surface area contributed by atoms with Gasteiger partial charge in [0.05, 0.1) is 12.1 Å². The van der Waals surface area contributed by atoms with Crippen LogP contribution in [0.25, 0.3) is 0 Å². The molecule has 0 saturated heterocycles. The standard InChI is InChI=1S/C19H25N3O4/c1-11-10-22(19(26)21-18(11)25)15-8-14(16(23)17(15)24)9-20-12(2)13-6-4-3-5-7-13/h3-7,10,12,14-17,20,23-24H,8-9H2,1-2H3,(H,21,25,26)/t12-,14+,15+,16+,17-/m1/s1. The molecule has 1 fully saturated rings. The zero-order valence-electron chi connectivity index (χ0n) is 14.9. The van der Waals surface area contributed by atoms with Crippen molar-refractivity contribution in [3.8, 4) is 0 Å². The second-order valence-corrected chi connectivity index (χ2v) is 7.06. The number of rotatable bonds is 5. The SMILES string of the molecule is Cc1cn([C@H]2C[C@@H](CN[C@H](C)c3ccccc3)[C@H](O)[C@@H]2O)c(=O)[nH]c1=O. The first-order valence-electron chi connectivity index (χ1n) is 8.85. The molecule has 1 aliphatic rings. The highest BCUT2D eigenvalue weighted by molar-refractivity contribution is 5.18. The lowest BCUT2D eigenvalue weighted by Crippen LogP contribution is -2.38. The van der Waals surface area contributed by atoms with Gasteiger partial charge in [0.15, 0.2) is 0 Å². The predicted molar refractivity (Wildman–Crippen MR) is 98.1 cm³/mol. The number of aromatic nitrogens is 2. The van der Waals surface area contributed by atoms with Gasteiger partial charge in [-0.2, -0.15) is 0 Å². The van der Waals surface area contributed by atoms with Crippen LogP contribution < -0.4 is 16.6 Å². The lowest BCUT2D eigenvalue weighted by atomic mass is 10.0. The summed E-state index contributed by atoms with van der Waals surface area (Å²) in [4.78, 5) is 25.9. The molecular weight excluding hydrogens is 334 g/mol. The molecule has 0 unspecified atom stereocenters. The average Bonchev–Trinajstić information content (AvgIpc) is 2.91. The third-order valence-corrected chi connectivity index (χ3v) is 5.26. The summed E-state index contributed by atoms with van der Waals surface area (Å²) in [5.74, 6) is -0.194. The Kier molecular flexibility index (Phi) is 5.41. The zero-order chi connectivity index (χ0) is 18.8. The van der Waals surface area contributed by atoms with Crippen LogP contribution in [0.1, 0.15) is 36.6 Å². The minimum Gasteiger partial charge on any atom is -0.390 e. The van der Waals surface area contributed by atoms with Crippen molar-refractivity contribution in [2.75, 3.05) is 6.54 Å². The summed E-state index contributed by atoms with van der Waals surface area (Å²) < 4.78 is 1.32. The Morgan fingerprint density at radius 3 is 2.62 bits per heavy atom. The van der Waals surface area contributed by atoms with Gasteiger partial charge in [0.25, 0.3) is 5.56 Å². The molecule has 1 saturated carbocycles. The number of aromatic amines is 1. The number of benzene rings is 1. The molecule has 7 heteroatoms. The van der Waals surface area contributed by atoms with Gasteiger partial charge >= 0.3 is 5.69 Å². The molecule has 0 bridgehead atoms. The maximum absolute atomic E-state index is 12.1. The molecule has 5 atom stereocenters. The Labute approximate surface area is 151 Å². The van der Waals surface area contributed by atoms with E-state index in [1.807, 2.05) is 37.3 Å². The molecule has 4 N–H and O–H groups in total. The molecule has 0 spiro atoms. The summed E-state index contributed by atoms with van der Waals surface area (Å²) >= 11 is 0. The predicted octanol–water partition coefficient (Wildman–Crippen LogP) is 0.479. The zero-order valence-corrected chi connectivity index (χ0v) is 14.9. The van der Waals surface area contributed by atoms with Gasteiger partial charge in [0.1, 0.15) is 6.10 Å². The van der Waals surface area contributed by atoms with Crippen LogP contribution in [0.3, 0.4) is 0 Å². The van der Waals surface area contributed by atoms with Crippen molar-refractivity contribution in [2.45, 2.75) is 44.6 Å². The topological polar surface area (TPSA) is 107 Å². The molecule has 7 nitrogen and oxygen atoms in total. The fraction of sp³-hybridized carbons (Fsp3) is 0.474. The third-order valence-electron chi connectivity index (χ3n) is 5.26. The van der Waals surface area contributed by atoms with Crippen molar-refractivity contribution in [3.63, 3.8) is 0 Å². The summed E-state index contributed by atoms with van der Waals surface area (Å²) in [6.07, 6.45) is -0.0988. The van der Waals surface area contributed by atoms with Crippen molar-refractivity contribution < 1.29 is 10.2 Å². The summed E-state index contributed by atoms with van der Waals surface area (Å²) in [5, 5.41) is 24.2. The molecule has 0 amide bonds. The molecule has 26 heavy (non-hydrogen) atoms. The van der Waals surface area contributed by atoms with E-state index in [0.29, 0.717) is 18.5 Å². The van der Waals surface area contributed by atoms with Crippen molar-refractivity contribution in [2.24, 2.45) is 5.92 Å². The highest BCUT2D eigenvalue weighted by Crippen LogP contribution is 2.34. The van der Waals surface area contributed by atoms with E-state index in [1.54, 1.807) is 6.92 Å². The van der Waals surface area contributed by atoms with E-state index in [0.717, 1.165) is 5.56 Å². The smallest absolute Gasteiger partial charge is 0.328 e. The monoisotopic (exact) mass is 359 g/mol. The van der Waals surface area contributed by atoms with E-state index < -0.39 is 29.5 Å². The average molecular weight is 359 g/mol. The molecule has 1 heterocycles. The maximum atomic E-state index is 12.1. The van der Waals surface area contributed by atoms with Crippen molar-refractivity contribution in [3.05, 3.63) is 68.5 Å². The molecule has 1 aromatic carbocycles. The van der Waals surface area contributed by atoms with Crippen molar-refractivity contribution in [1.29, 1.82) is 0 Å². The van der Waals surface area contributed by atoms with Crippen LogP contribution in [0.4, 0.5) is 0 Å². The Morgan fingerprint density at radius 2 is 1.92 bits per heavy atom. The summed E-state index contributed by atoms with van der Waals surface area (Å²) in [6.45, 7) is 4.16. The summed E-state index contributed by atoms with van der Waals surface area (Å²) in [5.41, 5.74) is 0.535. The van der Waals surface area contributed by atoms with Crippen LogP contribution in [-0.2, 0) is 0 Å². The van der Waals surface area contributed by atoms with E-state index in [4.69, 9.17) is 0 Å². The van der Waals surface area contributed by atoms with E-state index in [1.165, 1.54) is 10.8 Å². The Morgan fingerprint density at radius 1 is 1.23 bits per heavy atom. The first-order chi connectivity index (χ1) is 12.4. The number of aryl methyl sites for hydroxylation is 1. The molecule has 2 aromatic rings. The fourth-order valence-electron chi connectivity index (χ4n) is 3.60. The first kappa shape index (κ1) is 18.6. The number of hydrogen-bond acceptors (Lipinski definition) is 5. The van der Waals surface area contributed by atoms with Gasteiger partial charge < -0.3 is 15.5 Å². The van der Waals surface area contributed by atoms with E-state index in [9.17, 15) is 19.8 Å². The van der Waals surface area contributed by atoms with Gasteiger partial charge in [-0.15, -0.1) is 0 Å². The molecule has 1 aliphatic carbocycles. The van der Waals surface area contributed by atoms with E-state index >= 15 is 0 Å². The van der Waals surface area contributed by atoms with E-state index in [-0.39, 0.29) is 12.0 Å². The van der Waals surface area contributed by atoms with Crippen LogP contribution in [0.5, 0.6) is 0 Å². The lowest BCUT2D eigenvalue weighted by Gasteiger charge is -2.20. The van der Waals surface area contributed by atoms with E-state index in [2.05, 4.69) is 10.3 Å². The highest BCUT2D eigenvalue weighted by atomic mass is 16.3. The summed E-state index contributed by atoms with van der Waals surface area (Å²) in [6, 6.07) is 9.52. The number of aliphatic hydroxyl groups excluding tert-OH is 2. The Hall–Kier alpha value is -2.22. The second-order valence-electron chi connectivity index (χ2n) is 7.06. The molecule has 0 radical (unpaired) electrons. The fourth-order valence-corrected chi connectivity index (χ4v) is 3.60. The summed E-state index contributed by atoms with van der Waals surface area (Å²) in [7, 11) is 0. The number of nitrogens with one attached hydrogen (secondary N) is 2. The number of H-pyrrole nitrogens is 1. The van der Waals surface area contributed by atoms with Gasteiger partial charge in [-0.05, 0) is 25.8 Å². The van der Waals surface area contributed by atoms with Crippen LogP contribution in [0.15, 0.2) is 46.1 Å². The molecule has 0 aliphatic heterocycles. The van der Waals surface area contributed by atoms with Gasteiger partial charge in [-0.1, -0.05) is 30.3 Å². The first-order valence-corrected chi connectivity index (χ1v) is 8.85. The molecule has 3 rings (SSSR count). The third kappa shape index (κ3) is 3.65. The Bertz CT molecular complexity index is 861. The van der Waals surface area contributed by atoms with Crippen LogP contribution in [0, 0.1) is 12.8 Å². The Balaban J connectivity index is 1.71. The minimum atomic E-state index is -1.06. The van der Waals surface area contributed by atoms with Crippen molar-refractivity contribution >= 4 is 0 Å². The van der Waals surface area contributed by atoms with Crippen LogP contribution >= 0.6 is 0 Å².